The molecule has 1 saturated heterocycles. The summed E-state index contributed by atoms with van der Waals surface area (Å²) in [7, 11) is 2.83. The topological polar surface area (TPSA) is 152 Å². The molecule has 0 amide bonds. The van der Waals surface area contributed by atoms with E-state index in [1.807, 2.05) is 27.7 Å². The molecule has 0 aromatic heterocycles. The molecule has 7 aliphatic rings. The van der Waals surface area contributed by atoms with E-state index in [2.05, 4.69) is 6.92 Å². The Morgan fingerprint density at radius 1 is 0.800 bits per heavy atom. The number of fused-ring (bicyclic) bond motifs is 6. The Hall–Kier alpha value is -2.53. The summed E-state index contributed by atoms with van der Waals surface area (Å²) in [6, 6.07) is 0. The minimum absolute atomic E-state index is 0.0297. The van der Waals surface area contributed by atoms with E-state index in [0.717, 1.165) is 32.1 Å². The highest BCUT2D eigenvalue weighted by Crippen LogP contribution is 2.73. The van der Waals surface area contributed by atoms with Gasteiger partial charge in [-0.15, -0.1) is 0 Å². The zero-order valence-corrected chi connectivity index (χ0v) is 30.6. The number of hydrogen-bond acceptors (Lipinski definition) is 11. The number of cyclic esters (lactones) is 2. The molecule has 11 heteroatoms. The molecule has 6 aliphatic carbocycles. The predicted molar refractivity (Wildman–Crippen MR) is 176 cm³/mol. The minimum atomic E-state index is -0.840. The van der Waals surface area contributed by atoms with Crippen LogP contribution in [0, 0.1) is 101 Å². The Morgan fingerprint density at radius 3 is 2.02 bits per heavy atom. The maximum atomic E-state index is 13.9. The van der Waals surface area contributed by atoms with E-state index >= 15 is 0 Å². The lowest BCUT2D eigenvalue weighted by Crippen LogP contribution is -2.53. The second kappa shape index (κ2) is 13.2. The Morgan fingerprint density at radius 2 is 1.44 bits per heavy atom. The fraction of sp³-hybridized carbons (Fsp3) is 0.872. The molecule has 1 aliphatic heterocycles. The van der Waals surface area contributed by atoms with Crippen molar-refractivity contribution in [2.45, 2.75) is 91.3 Å². The fourth-order valence-corrected chi connectivity index (χ4v) is 13.7. The normalized spacial score (nSPS) is 46.4. The molecule has 50 heavy (non-hydrogen) atoms. The van der Waals surface area contributed by atoms with Crippen molar-refractivity contribution in [1.29, 1.82) is 0 Å². The first-order valence-corrected chi connectivity index (χ1v) is 19.1. The highest BCUT2D eigenvalue weighted by atomic mass is 16.7. The molecular weight excluding hydrogens is 644 g/mol. The smallest absolute Gasteiger partial charge is 0.317 e. The first-order chi connectivity index (χ1) is 23.7. The van der Waals surface area contributed by atoms with Crippen LogP contribution in [0.4, 0.5) is 0 Å². The van der Waals surface area contributed by atoms with Gasteiger partial charge in [0.05, 0.1) is 43.3 Å². The van der Waals surface area contributed by atoms with Gasteiger partial charge in [-0.1, -0.05) is 13.8 Å². The second-order valence-electron chi connectivity index (χ2n) is 18.1. The number of carbonyl (C=O) groups is 5. The monoisotopic (exact) mass is 700 g/mol. The summed E-state index contributed by atoms with van der Waals surface area (Å²) >= 11 is 0. The summed E-state index contributed by atoms with van der Waals surface area (Å²) < 4.78 is 26.9. The van der Waals surface area contributed by atoms with Gasteiger partial charge in [0.15, 0.2) is 6.79 Å². The van der Waals surface area contributed by atoms with Crippen LogP contribution in [0.2, 0.25) is 0 Å². The van der Waals surface area contributed by atoms with E-state index in [1.54, 1.807) is 0 Å². The molecule has 1 N–H and O–H groups in total. The quantitative estimate of drug-likeness (QED) is 0.149. The summed E-state index contributed by atoms with van der Waals surface area (Å²) in [5, 5.41) is 11.6. The fourth-order valence-electron chi connectivity index (χ4n) is 13.7. The van der Waals surface area contributed by atoms with Gasteiger partial charge in [-0.2, -0.15) is 0 Å². The summed E-state index contributed by atoms with van der Waals surface area (Å²) in [6.07, 6.45) is 4.61. The lowest BCUT2D eigenvalue weighted by molar-refractivity contribution is -0.176. The third-order valence-corrected chi connectivity index (χ3v) is 14.9. The summed E-state index contributed by atoms with van der Waals surface area (Å²) in [5.41, 5.74) is -0.646. The number of aliphatic hydroxyl groups excluding tert-OH is 1. The predicted octanol–water partition coefficient (Wildman–Crippen LogP) is 4.42. The van der Waals surface area contributed by atoms with Crippen molar-refractivity contribution < 1.29 is 52.8 Å². The van der Waals surface area contributed by atoms with Crippen molar-refractivity contribution in [3.63, 3.8) is 0 Å². The first kappa shape index (κ1) is 35.9. The molecule has 0 aromatic rings. The molecule has 0 aromatic carbocycles. The van der Waals surface area contributed by atoms with Crippen LogP contribution in [0.15, 0.2) is 0 Å². The van der Waals surface area contributed by atoms with Gasteiger partial charge in [-0.3, -0.25) is 24.0 Å². The summed E-state index contributed by atoms with van der Waals surface area (Å²) in [4.78, 5) is 66.6. The summed E-state index contributed by atoms with van der Waals surface area (Å²) in [6.45, 7) is 9.38. The molecule has 6 saturated carbocycles. The Labute approximate surface area is 295 Å². The Balaban J connectivity index is 1.27. The van der Waals surface area contributed by atoms with Gasteiger partial charge in [0.1, 0.15) is 5.60 Å². The van der Waals surface area contributed by atoms with Crippen LogP contribution in [0.3, 0.4) is 0 Å². The lowest BCUT2D eigenvalue weighted by Gasteiger charge is -2.52. The highest BCUT2D eigenvalue weighted by Gasteiger charge is 2.72. The summed E-state index contributed by atoms with van der Waals surface area (Å²) in [5.74, 6) is -3.14. The zero-order chi connectivity index (χ0) is 36.0. The van der Waals surface area contributed by atoms with Gasteiger partial charge >= 0.3 is 29.8 Å². The minimum Gasteiger partial charge on any atom is -0.469 e. The van der Waals surface area contributed by atoms with Gasteiger partial charge in [0, 0.05) is 7.11 Å². The number of esters is 5. The SMILES string of the molecule is COCOC(=O)C1C2CC(C1C(=O)OC)C(C1C3CCC(C3)C1C1C(=O)OC(=O)C1C)C2C1C(C)C2CC(C(O)CC(=O)OC(C)(C)C)C1C2. The van der Waals surface area contributed by atoms with E-state index in [9.17, 15) is 29.1 Å². The van der Waals surface area contributed by atoms with Crippen LogP contribution in [-0.2, 0) is 47.7 Å². The Bertz CT molecular complexity index is 1390. The average Bonchev–Trinajstić information content (AvgIpc) is 3.91. The number of carbonyl (C=O) groups excluding carboxylic acids is 5. The number of aliphatic hydroxyl groups is 1. The van der Waals surface area contributed by atoms with Gasteiger partial charge in [0.2, 0.25) is 0 Å². The van der Waals surface area contributed by atoms with E-state index in [4.69, 9.17) is 23.7 Å². The van der Waals surface area contributed by atoms with Crippen molar-refractivity contribution in [3.8, 4) is 0 Å². The van der Waals surface area contributed by atoms with Crippen LogP contribution in [0.25, 0.3) is 0 Å². The highest BCUT2D eigenvalue weighted by molar-refractivity contribution is 5.96. The van der Waals surface area contributed by atoms with Gasteiger partial charge in [0.25, 0.3) is 0 Å². The Kier molecular flexibility index (Phi) is 9.43. The molecule has 278 valence electrons. The van der Waals surface area contributed by atoms with Crippen molar-refractivity contribution >= 4 is 29.8 Å². The third kappa shape index (κ3) is 5.71. The molecule has 7 rings (SSSR count). The standard InChI is InChI=1S/C39H56O11/c1-16-20-11-21(25(40)14-26(41)50-39(3,4)5)22(12-20)27(16)31-23-13-24(33(36(43)47-7)34(23)37(44)48-15-46-6)32(31)30-19-9-8-18(10-19)29(30)28-17(2)35(42)49-38(28)45/h16-25,27-34,40H,8-15H2,1-7H3. The van der Waals surface area contributed by atoms with E-state index in [1.165, 1.54) is 14.2 Å². The number of methoxy groups -OCH3 is 2. The third-order valence-electron chi connectivity index (χ3n) is 14.9. The lowest BCUT2D eigenvalue weighted by atomic mass is 9.52. The van der Waals surface area contributed by atoms with Gasteiger partial charge in [-0.25, -0.2) is 0 Å². The van der Waals surface area contributed by atoms with E-state index in [0.29, 0.717) is 30.1 Å². The molecule has 18 unspecified atom stereocenters. The van der Waals surface area contributed by atoms with Crippen LogP contribution < -0.4 is 0 Å². The molecule has 6 bridgehead atoms. The van der Waals surface area contributed by atoms with Crippen LogP contribution >= 0.6 is 0 Å². The largest absolute Gasteiger partial charge is 0.469 e. The molecule has 0 spiro atoms. The number of hydrogen-bond donors (Lipinski definition) is 1. The molecule has 11 nitrogen and oxygen atoms in total. The zero-order valence-electron chi connectivity index (χ0n) is 30.6. The van der Waals surface area contributed by atoms with Crippen molar-refractivity contribution in [2.75, 3.05) is 21.0 Å². The first-order valence-electron chi connectivity index (χ1n) is 19.1. The maximum absolute atomic E-state index is 13.9. The van der Waals surface area contributed by atoms with Crippen LogP contribution in [-0.4, -0.2) is 67.7 Å². The molecular formula is C39H56O11. The van der Waals surface area contributed by atoms with Crippen LogP contribution in [0.1, 0.15) is 79.6 Å². The van der Waals surface area contributed by atoms with E-state index in [-0.39, 0.29) is 66.5 Å². The maximum Gasteiger partial charge on any atom is 0.317 e. The van der Waals surface area contributed by atoms with Crippen LogP contribution in [0.5, 0.6) is 0 Å². The van der Waals surface area contributed by atoms with Gasteiger partial charge < -0.3 is 28.8 Å². The van der Waals surface area contributed by atoms with Crippen molar-refractivity contribution in [1.82, 2.24) is 0 Å². The molecule has 0 radical (unpaired) electrons. The molecule has 18 atom stereocenters. The molecule has 1 heterocycles. The van der Waals surface area contributed by atoms with Gasteiger partial charge in [-0.05, 0) is 136 Å². The van der Waals surface area contributed by atoms with Crippen molar-refractivity contribution in [2.24, 2.45) is 101 Å². The second-order valence-corrected chi connectivity index (χ2v) is 18.1. The molecule has 7 fully saturated rings. The van der Waals surface area contributed by atoms with E-state index < -0.39 is 65.2 Å². The average molecular weight is 701 g/mol. The number of rotatable bonds is 10. The van der Waals surface area contributed by atoms with Crippen molar-refractivity contribution in [3.05, 3.63) is 0 Å². The number of ether oxygens (including phenoxy) is 5.